The molecule has 1 heterocycles. The van der Waals surface area contributed by atoms with Gasteiger partial charge in [0.15, 0.2) is 0 Å². The van der Waals surface area contributed by atoms with Crippen molar-refractivity contribution in [2.45, 2.75) is 19.2 Å². The predicted octanol–water partition coefficient (Wildman–Crippen LogP) is 1.42. The van der Waals surface area contributed by atoms with Crippen LogP contribution in [0.15, 0.2) is 12.1 Å². The molecule has 1 atom stereocenters. The van der Waals surface area contributed by atoms with Gasteiger partial charge < -0.3 is 0 Å². The first kappa shape index (κ1) is 3.98. The Morgan fingerprint density at radius 2 is 2.67 bits per heavy atom. The van der Waals surface area contributed by atoms with Gasteiger partial charge in [-0.15, -0.1) is 5.98 Å². The van der Waals surface area contributed by atoms with Gasteiger partial charge in [-0.1, -0.05) is 18.8 Å². The van der Waals surface area contributed by atoms with Gasteiger partial charge in [0.2, 0.25) is 0 Å². The second-order valence-corrected chi connectivity index (χ2v) is 1.83. The summed E-state index contributed by atoms with van der Waals surface area (Å²) >= 11 is 0. The van der Waals surface area contributed by atoms with Crippen LogP contribution in [-0.2, 0) is 0 Å². The maximum atomic E-state index is 2.22. The second-order valence-electron chi connectivity index (χ2n) is 1.83. The summed E-state index contributed by atoms with van der Waals surface area (Å²) in [5.74, 6) is 2.94. The summed E-state index contributed by atoms with van der Waals surface area (Å²) in [5.41, 5.74) is 0. The van der Waals surface area contributed by atoms with Crippen LogP contribution in [0.25, 0.3) is 0 Å². The van der Waals surface area contributed by atoms with E-state index in [9.17, 15) is 0 Å². The molecule has 0 nitrogen and oxygen atoms in total. The zero-order chi connectivity index (χ0) is 4.41. The monoisotopic (exact) mass is 79.1 g/mol. The molecule has 0 aromatic carbocycles. The van der Waals surface area contributed by atoms with Gasteiger partial charge in [0.25, 0.3) is 0 Å². The first-order valence-electron chi connectivity index (χ1n) is 2.39. The largest absolute Gasteiger partial charge is 0.144 e. The highest BCUT2D eigenvalue weighted by Gasteiger charge is 2.02. The first-order chi connectivity index (χ1) is 2.89. The van der Waals surface area contributed by atoms with Crippen LogP contribution in [0.3, 0.4) is 0 Å². The summed E-state index contributed by atoms with van der Waals surface area (Å²) < 4.78 is 0. The molecule has 0 saturated heterocycles. The topological polar surface area (TPSA) is 0 Å². The van der Waals surface area contributed by atoms with Crippen molar-refractivity contribution < 1.29 is 0 Å². The Kier molecular flexibility index (Phi) is 0.996. The van der Waals surface area contributed by atoms with Crippen molar-refractivity contribution in [1.29, 1.82) is 0 Å². The fourth-order valence-corrected chi connectivity index (χ4v) is 0.640. The van der Waals surface area contributed by atoms with Crippen LogP contribution in [0.4, 0.5) is 0 Å². The Hall–Kier alpha value is -0.195. The Morgan fingerprint density at radius 3 is 2.83 bits per heavy atom. The molecule has 1 aliphatic rings. The molecule has 0 N–H and O–H groups in total. The molecule has 1 radical (unpaired) electrons. The maximum absolute atomic E-state index is 2.22. The molecule has 0 amide bonds. The van der Waals surface area contributed by atoms with E-state index in [0.29, 0.717) is 0 Å². The van der Waals surface area contributed by atoms with Crippen LogP contribution in [-0.4, -0.2) is 7.28 Å². The van der Waals surface area contributed by atoms with E-state index in [1.54, 1.807) is 0 Å². The van der Waals surface area contributed by atoms with Crippen molar-refractivity contribution in [1.82, 2.24) is 0 Å². The Morgan fingerprint density at radius 1 is 1.83 bits per heavy atom. The molecule has 31 valence electrons. The van der Waals surface area contributed by atoms with Crippen molar-refractivity contribution in [2.75, 3.05) is 0 Å². The van der Waals surface area contributed by atoms with Crippen molar-refractivity contribution in [3.05, 3.63) is 12.1 Å². The average molecular weight is 78.9 g/mol. The molecule has 0 saturated carbocycles. The summed E-state index contributed by atoms with van der Waals surface area (Å²) in [6, 6.07) is 0. The third kappa shape index (κ3) is 0.646. The number of hydrogen-bond donors (Lipinski definition) is 0. The molecular weight excluding hydrogens is 70.9 g/mol. The van der Waals surface area contributed by atoms with E-state index in [1.807, 2.05) is 0 Å². The molecule has 1 aliphatic heterocycles. The zero-order valence-corrected chi connectivity index (χ0v) is 4.02. The zero-order valence-electron chi connectivity index (χ0n) is 4.02. The summed E-state index contributed by atoms with van der Waals surface area (Å²) in [5, 5.41) is 0. The van der Waals surface area contributed by atoms with E-state index in [2.05, 4.69) is 26.3 Å². The highest BCUT2D eigenvalue weighted by Crippen LogP contribution is 2.13. The van der Waals surface area contributed by atoms with E-state index in [1.165, 1.54) is 6.42 Å². The molecular formula is C5H8B. The summed E-state index contributed by atoms with van der Waals surface area (Å²) in [4.78, 5) is 0. The van der Waals surface area contributed by atoms with Gasteiger partial charge in [-0.3, -0.25) is 0 Å². The Bertz CT molecular complexity index is 58.3. The summed E-state index contributed by atoms with van der Waals surface area (Å²) in [6.45, 7) is 2.22. The van der Waals surface area contributed by atoms with Crippen LogP contribution in [0.2, 0.25) is 5.82 Å². The molecule has 0 aliphatic carbocycles. The van der Waals surface area contributed by atoms with Gasteiger partial charge in [-0.05, 0) is 6.42 Å². The van der Waals surface area contributed by atoms with Gasteiger partial charge in [0.05, 0.1) is 0 Å². The summed E-state index contributed by atoms with van der Waals surface area (Å²) in [6.07, 6.45) is 3.45. The average Bonchev–Trinajstić information content (AvgIpc) is 1.86. The predicted molar refractivity (Wildman–Crippen MR) is 28.9 cm³/mol. The van der Waals surface area contributed by atoms with E-state index >= 15 is 0 Å². The van der Waals surface area contributed by atoms with Crippen molar-refractivity contribution in [3.63, 3.8) is 0 Å². The molecule has 1 rings (SSSR count). The standard InChI is InChI=1S/C5H8B/c1-5-3-2-4-6-5/h2,4-5H,3H2,1H3. The van der Waals surface area contributed by atoms with Crippen LogP contribution < -0.4 is 0 Å². The SMILES string of the molecule is CC1[B]C=CC1. The van der Waals surface area contributed by atoms with Gasteiger partial charge in [-0.2, -0.15) is 0 Å². The fraction of sp³-hybridized carbons (Fsp3) is 0.600. The maximum Gasteiger partial charge on any atom is 0.144 e. The van der Waals surface area contributed by atoms with Crippen molar-refractivity contribution in [2.24, 2.45) is 0 Å². The number of rotatable bonds is 0. The number of hydrogen-bond acceptors (Lipinski definition) is 0. The molecule has 0 fully saturated rings. The molecule has 0 spiro atoms. The van der Waals surface area contributed by atoms with Gasteiger partial charge in [-0.25, -0.2) is 0 Å². The van der Waals surface area contributed by atoms with Gasteiger partial charge in [0.1, 0.15) is 7.28 Å². The second kappa shape index (κ2) is 1.50. The lowest BCUT2D eigenvalue weighted by Crippen LogP contribution is -1.84. The minimum absolute atomic E-state index is 0.810. The Labute approximate surface area is 39.5 Å². The molecule has 6 heavy (non-hydrogen) atoms. The molecule has 0 bridgehead atoms. The highest BCUT2D eigenvalue weighted by molar-refractivity contribution is 6.45. The van der Waals surface area contributed by atoms with E-state index < -0.39 is 0 Å². The molecule has 0 aromatic rings. The van der Waals surface area contributed by atoms with E-state index in [0.717, 1.165) is 5.82 Å². The van der Waals surface area contributed by atoms with E-state index in [-0.39, 0.29) is 0 Å². The molecule has 1 unspecified atom stereocenters. The minimum Gasteiger partial charge on any atom is -0.126 e. The van der Waals surface area contributed by atoms with Crippen LogP contribution in [0.5, 0.6) is 0 Å². The van der Waals surface area contributed by atoms with E-state index in [4.69, 9.17) is 0 Å². The molecule has 0 aromatic heterocycles. The third-order valence-corrected chi connectivity index (χ3v) is 1.08. The highest BCUT2D eigenvalue weighted by atomic mass is 13.9. The van der Waals surface area contributed by atoms with Crippen molar-refractivity contribution >= 4 is 7.28 Å². The first-order valence-corrected chi connectivity index (χ1v) is 2.39. The van der Waals surface area contributed by atoms with Gasteiger partial charge >= 0.3 is 0 Å². The lowest BCUT2D eigenvalue weighted by molar-refractivity contribution is 0.964. The fourth-order valence-electron chi connectivity index (χ4n) is 0.640. The lowest BCUT2D eigenvalue weighted by Gasteiger charge is -1.90. The number of allylic oxidation sites excluding steroid dienone is 1. The molecule has 1 heteroatoms. The minimum atomic E-state index is 0.810. The quantitative estimate of drug-likeness (QED) is 0.385. The Balaban J connectivity index is 2.32. The van der Waals surface area contributed by atoms with Crippen LogP contribution in [0, 0.1) is 0 Å². The normalized spacial score (nSPS) is 30.5. The van der Waals surface area contributed by atoms with Crippen LogP contribution in [0.1, 0.15) is 13.3 Å². The van der Waals surface area contributed by atoms with Gasteiger partial charge in [0, 0.05) is 0 Å². The lowest BCUT2D eigenvalue weighted by atomic mass is 9.69. The van der Waals surface area contributed by atoms with Crippen LogP contribution >= 0.6 is 0 Å². The summed E-state index contributed by atoms with van der Waals surface area (Å²) in [7, 11) is 2.22. The van der Waals surface area contributed by atoms with Crippen molar-refractivity contribution in [3.8, 4) is 0 Å². The smallest absolute Gasteiger partial charge is 0.126 e. The third-order valence-electron chi connectivity index (χ3n) is 1.08.